The SMILES string of the molecule is NCCc1nsc2cccc(OC(F)F)c12. The maximum atomic E-state index is 12.2. The lowest BCUT2D eigenvalue weighted by molar-refractivity contribution is -0.0488. The van der Waals surface area contributed by atoms with Gasteiger partial charge in [0.1, 0.15) is 5.75 Å². The number of alkyl halides is 2. The first kappa shape index (κ1) is 11.2. The van der Waals surface area contributed by atoms with E-state index in [1.165, 1.54) is 17.6 Å². The highest BCUT2D eigenvalue weighted by atomic mass is 32.1. The summed E-state index contributed by atoms with van der Waals surface area (Å²) in [6, 6.07) is 5.01. The molecule has 0 fully saturated rings. The molecule has 0 aliphatic rings. The highest BCUT2D eigenvalue weighted by Gasteiger charge is 2.13. The molecule has 0 aliphatic carbocycles. The molecular formula is C10H10F2N2OS. The van der Waals surface area contributed by atoms with E-state index in [1.807, 2.05) is 6.07 Å². The normalized spacial score (nSPS) is 11.2. The zero-order valence-electron chi connectivity index (χ0n) is 8.32. The molecule has 0 bridgehead atoms. The monoisotopic (exact) mass is 244 g/mol. The number of aromatic nitrogens is 1. The molecule has 2 aromatic rings. The molecule has 86 valence electrons. The second-order valence-electron chi connectivity index (χ2n) is 3.18. The van der Waals surface area contributed by atoms with Gasteiger partial charge in [0.05, 0.1) is 15.8 Å². The lowest BCUT2D eigenvalue weighted by atomic mass is 10.1. The smallest absolute Gasteiger partial charge is 0.387 e. The average molecular weight is 244 g/mol. The van der Waals surface area contributed by atoms with Crippen molar-refractivity contribution in [1.29, 1.82) is 0 Å². The van der Waals surface area contributed by atoms with Gasteiger partial charge < -0.3 is 10.5 Å². The summed E-state index contributed by atoms with van der Waals surface area (Å²) in [4.78, 5) is 0. The van der Waals surface area contributed by atoms with E-state index in [0.29, 0.717) is 18.4 Å². The van der Waals surface area contributed by atoms with Crippen molar-refractivity contribution in [3.63, 3.8) is 0 Å². The summed E-state index contributed by atoms with van der Waals surface area (Å²) in [6.45, 7) is -2.39. The second-order valence-corrected chi connectivity index (χ2v) is 3.98. The van der Waals surface area contributed by atoms with Crippen molar-refractivity contribution in [2.24, 2.45) is 5.73 Å². The van der Waals surface area contributed by atoms with Crippen LogP contribution in [0.15, 0.2) is 18.2 Å². The highest BCUT2D eigenvalue weighted by molar-refractivity contribution is 7.13. The Morgan fingerprint density at radius 1 is 1.44 bits per heavy atom. The van der Waals surface area contributed by atoms with E-state index >= 15 is 0 Å². The molecular weight excluding hydrogens is 234 g/mol. The quantitative estimate of drug-likeness (QED) is 0.898. The zero-order valence-corrected chi connectivity index (χ0v) is 9.14. The average Bonchev–Trinajstić information content (AvgIpc) is 2.62. The van der Waals surface area contributed by atoms with Crippen LogP contribution in [0.25, 0.3) is 10.1 Å². The van der Waals surface area contributed by atoms with Gasteiger partial charge in [-0.1, -0.05) is 6.07 Å². The molecule has 1 aromatic carbocycles. The van der Waals surface area contributed by atoms with E-state index in [2.05, 4.69) is 9.11 Å². The van der Waals surface area contributed by atoms with Gasteiger partial charge in [0.15, 0.2) is 0 Å². The first-order valence-electron chi connectivity index (χ1n) is 4.74. The molecule has 1 heterocycles. The molecule has 0 amide bonds. The molecule has 0 saturated heterocycles. The fraction of sp³-hybridized carbons (Fsp3) is 0.300. The van der Waals surface area contributed by atoms with Gasteiger partial charge in [0, 0.05) is 6.42 Å². The van der Waals surface area contributed by atoms with Crippen LogP contribution in [0, 0.1) is 0 Å². The summed E-state index contributed by atoms with van der Waals surface area (Å²) in [6.07, 6.45) is 0.559. The van der Waals surface area contributed by atoms with Gasteiger partial charge >= 0.3 is 6.61 Å². The van der Waals surface area contributed by atoms with Gasteiger partial charge in [0.2, 0.25) is 0 Å². The summed E-state index contributed by atoms with van der Waals surface area (Å²) < 4.78 is 33.9. The number of fused-ring (bicyclic) bond motifs is 1. The van der Waals surface area contributed by atoms with E-state index in [0.717, 1.165) is 10.4 Å². The number of nitrogens with two attached hydrogens (primary N) is 1. The van der Waals surface area contributed by atoms with E-state index in [4.69, 9.17) is 5.73 Å². The van der Waals surface area contributed by atoms with Crippen molar-refractivity contribution in [2.75, 3.05) is 6.54 Å². The number of rotatable bonds is 4. The van der Waals surface area contributed by atoms with Gasteiger partial charge in [-0.25, -0.2) is 0 Å². The second kappa shape index (κ2) is 4.71. The summed E-state index contributed by atoms with van der Waals surface area (Å²) >= 11 is 1.26. The van der Waals surface area contributed by atoms with Crippen LogP contribution >= 0.6 is 11.5 Å². The third-order valence-electron chi connectivity index (χ3n) is 2.13. The predicted molar refractivity (Wildman–Crippen MR) is 59.0 cm³/mol. The maximum absolute atomic E-state index is 12.2. The van der Waals surface area contributed by atoms with Crippen LogP contribution in [-0.4, -0.2) is 17.5 Å². The fourth-order valence-electron chi connectivity index (χ4n) is 1.52. The molecule has 3 nitrogen and oxygen atoms in total. The molecule has 2 rings (SSSR count). The summed E-state index contributed by atoms with van der Waals surface area (Å²) in [5, 5.41) is 0.651. The van der Waals surface area contributed by atoms with Gasteiger partial charge in [-0.05, 0) is 30.2 Å². The van der Waals surface area contributed by atoms with Crippen LogP contribution < -0.4 is 10.5 Å². The van der Waals surface area contributed by atoms with Crippen molar-refractivity contribution in [1.82, 2.24) is 4.37 Å². The highest BCUT2D eigenvalue weighted by Crippen LogP contribution is 2.32. The maximum Gasteiger partial charge on any atom is 0.387 e. The van der Waals surface area contributed by atoms with Crippen LogP contribution in [0.5, 0.6) is 5.75 Å². The molecule has 0 aliphatic heterocycles. The molecule has 0 unspecified atom stereocenters. The first-order valence-corrected chi connectivity index (χ1v) is 5.52. The van der Waals surface area contributed by atoms with Gasteiger partial charge in [-0.15, -0.1) is 0 Å². The number of nitrogens with zero attached hydrogens (tertiary/aromatic N) is 1. The molecule has 2 N–H and O–H groups in total. The van der Waals surface area contributed by atoms with E-state index < -0.39 is 6.61 Å². The number of hydrogen-bond acceptors (Lipinski definition) is 4. The molecule has 6 heteroatoms. The van der Waals surface area contributed by atoms with Gasteiger partial charge in [-0.2, -0.15) is 13.2 Å². The summed E-state index contributed by atoms with van der Waals surface area (Å²) in [5.41, 5.74) is 6.16. The molecule has 0 atom stereocenters. The Morgan fingerprint density at radius 2 is 2.25 bits per heavy atom. The predicted octanol–water partition coefficient (Wildman–Crippen LogP) is 2.40. The largest absolute Gasteiger partial charge is 0.434 e. The van der Waals surface area contributed by atoms with Crippen molar-refractivity contribution in [3.05, 3.63) is 23.9 Å². The van der Waals surface area contributed by atoms with Crippen LogP contribution in [0.3, 0.4) is 0 Å². The summed E-state index contributed by atoms with van der Waals surface area (Å²) in [5.74, 6) is 0.171. The zero-order chi connectivity index (χ0) is 11.5. The third-order valence-corrected chi connectivity index (χ3v) is 2.98. The number of halogens is 2. The Bertz CT molecular complexity index is 487. The Morgan fingerprint density at radius 3 is 2.94 bits per heavy atom. The Hall–Kier alpha value is -1.27. The van der Waals surface area contributed by atoms with Crippen molar-refractivity contribution in [2.45, 2.75) is 13.0 Å². The third kappa shape index (κ3) is 2.12. The van der Waals surface area contributed by atoms with Crippen molar-refractivity contribution >= 4 is 21.6 Å². The summed E-state index contributed by atoms with van der Waals surface area (Å²) in [7, 11) is 0. The minimum absolute atomic E-state index is 0.171. The van der Waals surface area contributed by atoms with Crippen molar-refractivity contribution in [3.8, 4) is 5.75 Å². The van der Waals surface area contributed by atoms with Crippen LogP contribution in [0.1, 0.15) is 5.69 Å². The van der Waals surface area contributed by atoms with Crippen molar-refractivity contribution < 1.29 is 13.5 Å². The topological polar surface area (TPSA) is 48.1 Å². The standard InChI is InChI=1S/C10H10F2N2OS/c11-10(12)15-7-2-1-3-8-9(7)6(4-5-13)14-16-8/h1-3,10H,4-5,13H2. The van der Waals surface area contributed by atoms with Gasteiger partial charge in [-0.3, -0.25) is 0 Å². The minimum atomic E-state index is -2.82. The molecule has 0 radical (unpaired) electrons. The van der Waals surface area contributed by atoms with E-state index in [1.54, 1.807) is 6.07 Å². The molecule has 0 spiro atoms. The van der Waals surface area contributed by atoms with Crippen LogP contribution in [-0.2, 0) is 6.42 Å². The van der Waals surface area contributed by atoms with E-state index in [-0.39, 0.29) is 5.75 Å². The van der Waals surface area contributed by atoms with E-state index in [9.17, 15) is 8.78 Å². The van der Waals surface area contributed by atoms with Gasteiger partial charge in [0.25, 0.3) is 0 Å². The molecule has 16 heavy (non-hydrogen) atoms. The number of ether oxygens (including phenoxy) is 1. The number of hydrogen-bond donors (Lipinski definition) is 1. The van der Waals surface area contributed by atoms with Crippen LogP contribution in [0.2, 0.25) is 0 Å². The minimum Gasteiger partial charge on any atom is -0.434 e. The fourth-order valence-corrected chi connectivity index (χ4v) is 2.36. The number of benzene rings is 1. The Kier molecular flexibility index (Phi) is 3.31. The molecule has 0 saturated carbocycles. The Labute approximate surface area is 95.0 Å². The van der Waals surface area contributed by atoms with Crippen LogP contribution in [0.4, 0.5) is 8.78 Å². The lowest BCUT2D eigenvalue weighted by Gasteiger charge is -2.06. The molecule has 1 aromatic heterocycles. The Balaban J connectivity index is 2.50. The first-order chi connectivity index (χ1) is 7.72. The lowest BCUT2D eigenvalue weighted by Crippen LogP contribution is -2.05.